The number of nitrogens with zero attached hydrogens (tertiary/aromatic N) is 1. The van der Waals surface area contributed by atoms with Crippen LogP contribution in [0, 0.1) is 0 Å². The molecule has 0 aliphatic carbocycles. The summed E-state index contributed by atoms with van der Waals surface area (Å²) in [5.41, 5.74) is 1.48. The number of hydrogen-bond donors (Lipinski definition) is 1. The van der Waals surface area contributed by atoms with E-state index in [1.54, 1.807) is 12.1 Å². The number of benzene rings is 2. The van der Waals surface area contributed by atoms with Crippen LogP contribution < -0.4 is 14.8 Å². The van der Waals surface area contributed by atoms with Crippen molar-refractivity contribution in [3.8, 4) is 11.5 Å². The number of rotatable bonds is 6. The molecule has 1 amide bonds. The monoisotopic (exact) mass is 416 g/mol. The Bertz CT molecular complexity index is 983. The average Bonchev–Trinajstić information content (AvgIpc) is 3.29. The van der Waals surface area contributed by atoms with E-state index in [-0.39, 0.29) is 10.8 Å². The van der Waals surface area contributed by atoms with Crippen molar-refractivity contribution in [1.29, 1.82) is 0 Å². The van der Waals surface area contributed by atoms with Gasteiger partial charge in [0.2, 0.25) is 10.0 Å². The van der Waals surface area contributed by atoms with Crippen LogP contribution in [0.2, 0.25) is 0 Å². The maximum Gasteiger partial charge on any atom is 0.251 e. The highest BCUT2D eigenvalue weighted by atomic mass is 32.2. The molecule has 2 aliphatic rings. The summed E-state index contributed by atoms with van der Waals surface area (Å²) in [7, 11) is -3.46. The van der Waals surface area contributed by atoms with Gasteiger partial charge in [0.15, 0.2) is 11.5 Å². The molecule has 0 unspecified atom stereocenters. The number of ether oxygens (including phenoxy) is 2. The molecule has 1 saturated heterocycles. The minimum atomic E-state index is -3.46. The van der Waals surface area contributed by atoms with E-state index in [1.807, 2.05) is 18.2 Å². The highest BCUT2D eigenvalue weighted by molar-refractivity contribution is 7.89. The van der Waals surface area contributed by atoms with E-state index in [1.165, 1.54) is 16.4 Å². The van der Waals surface area contributed by atoms with Crippen molar-refractivity contribution >= 4 is 15.9 Å². The molecular formula is C21H24N2O5S. The Labute approximate surface area is 170 Å². The van der Waals surface area contributed by atoms with Gasteiger partial charge >= 0.3 is 0 Å². The lowest BCUT2D eigenvalue weighted by atomic mass is 10.1. The second kappa shape index (κ2) is 8.42. The lowest BCUT2D eigenvalue weighted by molar-refractivity contribution is 0.0954. The van der Waals surface area contributed by atoms with Crippen LogP contribution >= 0.6 is 0 Å². The Morgan fingerprint density at radius 2 is 1.66 bits per heavy atom. The number of nitrogens with one attached hydrogen (secondary N) is 1. The summed E-state index contributed by atoms with van der Waals surface area (Å²) in [6.45, 7) is 2.68. The first-order chi connectivity index (χ1) is 14.0. The van der Waals surface area contributed by atoms with Gasteiger partial charge in [0.1, 0.15) is 13.2 Å². The molecule has 7 nitrogen and oxygen atoms in total. The number of hydrogen-bond acceptors (Lipinski definition) is 5. The molecule has 0 aromatic heterocycles. The molecule has 154 valence electrons. The zero-order valence-electron chi connectivity index (χ0n) is 16.1. The van der Waals surface area contributed by atoms with Crippen LogP contribution in [0.15, 0.2) is 47.4 Å². The molecule has 0 saturated carbocycles. The third-order valence-corrected chi connectivity index (χ3v) is 7.04. The van der Waals surface area contributed by atoms with Crippen LogP contribution in [-0.4, -0.2) is 51.5 Å². The normalized spacial score (nSPS) is 16.6. The molecule has 2 aromatic carbocycles. The molecule has 4 rings (SSSR count). The summed E-state index contributed by atoms with van der Waals surface area (Å²) in [6, 6.07) is 11.9. The standard InChI is InChI=1S/C21H24N2O5S/c24-21(22-10-9-16-3-8-19-20(15-16)28-14-13-27-19)17-4-6-18(7-5-17)29(25,26)23-11-1-2-12-23/h3-8,15H,1-2,9-14H2,(H,22,24). The van der Waals surface area contributed by atoms with E-state index in [0.717, 1.165) is 29.9 Å². The van der Waals surface area contributed by atoms with Gasteiger partial charge in [0.25, 0.3) is 5.91 Å². The fourth-order valence-corrected chi connectivity index (χ4v) is 5.04. The largest absolute Gasteiger partial charge is 0.486 e. The van der Waals surface area contributed by atoms with Gasteiger partial charge in [0.05, 0.1) is 4.90 Å². The Kier molecular flexibility index (Phi) is 5.73. The minimum Gasteiger partial charge on any atom is -0.486 e. The molecule has 0 bridgehead atoms. The average molecular weight is 416 g/mol. The van der Waals surface area contributed by atoms with Gasteiger partial charge in [-0.05, 0) is 61.2 Å². The van der Waals surface area contributed by atoms with E-state index in [2.05, 4.69) is 5.32 Å². The highest BCUT2D eigenvalue weighted by Crippen LogP contribution is 2.30. The van der Waals surface area contributed by atoms with Crippen LogP contribution in [0.25, 0.3) is 0 Å². The van der Waals surface area contributed by atoms with Gasteiger partial charge in [0, 0.05) is 25.2 Å². The first-order valence-corrected chi connectivity index (χ1v) is 11.2. The van der Waals surface area contributed by atoms with Crippen molar-refractivity contribution in [2.75, 3.05) is 32.8 Å². The first-order valence-electron chi connectivity index (χ1n) is 9.81. The summed E-state index contributed by atoms with van der Waals surface area (Å²) in [6.07, 6.45) is 2.44. The maximum atomic E-state index is 12.6. The van der Waals surface area contributed by atoms with Gasteiger partial charge in [-0.15, -0.1) is 0 Å². The summed E-state index contributed by atoms with van der Waals surface area (Å²) in [5, 5.41) is 2.87. The molecule has 0 spiro atoms. The van der Waals surface area contributed by atoms with Crippen LogP contribution in [0.1, 0.15) is 28.8 Å². The Morgan fingerprint density at radius 1 is 0.966 bits per heavy atom. The third-order valence-electron chi connectivity index (χ3n) is 5.13. The molecule has 1 fully saturated rings. The van der Waals surface area contributed by atoms with E-state index in [9.17, 15) is 13.2 Å². The third kappa shape index (κ3) is 4.38. The van der Waals surface area contributed by atoms with Gasteiger partial charge in [-0.3, -0.25) is 4.79 Å². The predicted molar refractivity (Wildman–Crippen MR) is 108 cm³/mol. The molecule has 29 heavy (non-hydrogen) atoms. The topological polar surface area (TPSA) is 84.9 Å². The predicted octanol–water partition coefficient (Wildman–Crippen LogP) is 2.21. The van der Waals surface area contributed by atoms with Crippen LogP contribution in [-0.2, 0) is 16.4 Å². The maximum absolute atomic E-state index is 12.6. The van der Waals surface area contributed by atoms with Crippen molar-refractivity contribution in [2.45, 2.75) is 24.2 Å². The quantitative estimate of drug-likeness (QED) is 0.781. The summed E-state index contributed by atoms with van der Waals surface area (Å²) in [4.78, 5) is 12.6. The molecule has 0 atom stereocenters. The summed E-state index contributed by atoms with van der Waals surface area (Å²) in [5.74, 6) is 1.25. The SMILES string of the molecule is O=C(NCCc1ccc2c(c1)OCCO2)c1ccc(S(=O)(=O)N2CCCC2)cc1. The van der Waals surface area contributed by atoms with Crippen molar-refractivity contribution in [3.05, 3.63) is 53.6 Å². The fourth-order valence-electron chi connectivity index (χ4n) is 3.52. The van der Waals surface area contributed by atoms with Crippen molar-refractivity contribution in [3.63, 3.8) is 0 Å². The molecule has 0 radical (unpaired) electrons. The van der Waals surface area contributed by atoms with Gasteiger partial charge in [-0.25, -0.2) is 8.42 Å². The number of carbonyl (C=O) groups excluding carboxylic acids is 1. The molecule has 2 aliphatic heterocycles. The van der Waals surface area contributed by atoms with Crippen LogP contribution in [0.4, 0.5) is 0 Å². The molecule has 2 aromatic rings. The number of amides is 1. The van der Waals surface area contributed by atoms with E-state index in [4.69, 9.17) is 9.47 Å². The second-order valence-corrected chi connectivity index (χ2v) is 9.06. The van der Waals surface area contributed by atoms with Gasteiger partial charge in [-0.2, -0.15) is 4.31 Å². The number of sulfonamides is 1. The minimum absolute atomic E-state index is 0.229. The zero-order chi connectivity index (χ0) is 20.3. The summed E-state index contributed by atoms with van der Waals surface area (Å²) < 4.78 is 37.7. The lowest BCUT2D eigenvalue weighted by Gasteiger charge is -2.18. The Balaban J connectivity index is 1.33. The van der Waals surface area contributed by atoms with Crippen LogP contribution in [0.5, 0.6) is 11.5 Å². The number of fused-ring (bicyclic) bond motifs is 1. The van der Waals surface area contributed by atoms with E-state index < -0.39 is 10.0 Å². The van der Waals surface area contributed by atoms with Gasteiger partial charge in [-0.1, -0.05) is 6.07 Å². The van der Waals surface area contributed by atoms with Gasteiger partial charge < -0.3 is 14.8 Å². The first kappa shape index (κ1) is 19.7. The van der Waals surface area contributed by atoms with Crippen molar-refractivity contribution in [2.24, 2.45) is 0 Å². The molecular weight excluding hydrogens is 392 g/mol. The van der Waals surface area contributed by atoms with E-state index in [0.29, 0.717) is 44.8 Å². The zero-order valence-corrected chi connectivity index (χ0v) is 16.9. The van der Waals surface area contributed by atoms with E-state index >= 15 is 0 Å². The fraction of sp³-hybridized carbons (Fsp3) is 0.381. The van der Waals surface area contributed by atoms with Crippen LogP contribution in [0.3, 0.4) is 0 Å². The smallest absolute Gasteiger partial charge is 0.251 e. The van der Waals surface area contributed by atoms with Crippen molar-refractivity contribution in [1.82, 2.24) is 9.62 Å². The summed E-state index contributed by atoms with van der Waals surface area (Å²) >= 11 is 0. The molecule has 1 N–H and O–H groups in total. The second-order valence-electron chi connectivity index (χ2n) is 7.12. The lowest BCUT2D eigenvalue weighted by Crippen LogP contribution is -2.28. The molecule has 2 heterocycles. The number of carbonyl (C=O) groups is 1. The van der Waals surface area contributed by atoms with Crippen molar-refractivity contribution < 1.29 is 22.7 Å². The highest BCUT2D eigenvalue weighted by Gasteiger charge is 2.27. The Morgan fingerprint density at radius 3 is 2.38 bits per heavy atom. The Hall–Kier alpha value is -2.58. The molecule has 8 heteroatoms.